The third-order valence-corrected chi connectivity index (χ3v) is 7.17. The van der Waals surface area contributed by atoms with Crippen LogP contribution in [0.15, 0.2) is 84.9 Å². The Morgan fingerprint density at radius 3 is 2.31 bits per heavy atom. The van der Waals surface area contributed by atoms with E-state index in [1.54, 1.807) is 7.11 Å². The molecule has 4 aromatic rings. The molecule has 5 rings (SSSR count). The van der Waals surface area contributed by atoms with Crippen molar-refractivity contribution in [2.45, 2.75) is 38.5 Å². The molecule has 178 valence electrons. The highest BCUT2D eigenvalue weighted by molar-refractivity contribution is 6.20. The Morgan fingerprint density at radius 1 is 0.829 bits per heavy atom. The van der Waals surface area contributed by atoms with Gasteiger partial charge in [0.1, 0.15) is 11.5 Å². The number of ether oxygens (including phenoxy) is 2. The van der Waals surface area contributed by atoms with Crippen LogP contribution in [0.1, 0.15) is 54.4 Å². The number of methoxy groups -OCH3 is 1. The van der Waals surface area contributed by atoms with Gasteiger partial charge in [-0.2, -0.15) is 0 Å². The second-order valence-electron chi connectivity index (χ2n) is 9.44. The summed E-state index contributed by atoms with van der Waals surface area (Å²) in [6, 6.07) is 27.7. The van der Waals surface area contributed by atoms with Gasteiger partial charge in [0.15, 0.2) is 5.78 Å². The molecule has 0 atom stereocenters. The molecule has 35 heavy (non-hydrogen) atoms. The number of rotatable bonds is 8. The van der Waals surface area contributed by atoms with Crippen LogP contribution >= 0.6 is 0 Å². The molecule has 0 bridgehead atoms. The zero-order valence-corrected chi connectivity index (χ0v) is 20.3. The van der Waals surface area contributed by atoms with Gasteiger partial charge in [0, 0.05) is 11.1 Å². The largest absolute Gasteiger partial charge is 0.497 e. The van der Waals surface area contributed by atoms with Gasteiger partial charge in [0.25, 0.3) is 0 Å². The quantitative estimate of drug-likeness (QED) is 0.247. The van der Waals surface area contributed by atoms with Crippen LogP contribution in [0.2, 0.25) is 0 Å². The van der Waals surface area contributed by atoms with E-state index >= 15 is 0 Å². The van der Waals surface area contributed by atoms with Gasteiger partial charge in [0.2, 0.25) is 0 Å². The zero-order valence-electron chi connectivity index (χ0n) is 20.3. The Labute approximate surface area is 207 Å². The smallest absolute Gasteiger partial charge is 0.194 e. The fourth-order valence-electron chi connectivity index (χ4n) is 5.20. The van der Waals surface area contributed by atoms with Gasteiger partial charge in [-0.25, -0.2) is 0 Å². The lowest BCUT2D eigenvalue weighted by atomic mass is 9.87. The maximum Gasteiger partial charge on any atom is 0.194 e. The summed E-state index contributed by atoms with van der Waals surface area (Å²) in [4.78, 5) is 13.9. The molecule has 3 heteroatoms. The first-order valence-electron chi connectivity index (χ1n) is 12.7. The number of carbonyl (C=O) groups is 1. The Morgan fingerprint density at radius 2 is 1.57 bits per heavy atom. The van der Waals surface area contributed by atoms with Crippen LogP contribution in [0.5, 0.6) is 11.5 Å². The van der Waals surface area contributed by atoms with Crippen LogP contribution < -0.4 is 9.47 Å². The molecule has 0 saturated heterocycles. The summed E-state index contributed by atoms with van der Waals surface area (Å²) in [5.74, 6) is 2.40. The van der Waals surface area contributed by atoms with Crippen LogP contribution in [-0.2, 0) is 0 Å². The maximum absolute atomic E-state index is 13.9. The van der Waals surface area contributed by atoms with Gasteiger partial charge < -0.3 is 9.47 Å². The number of hydrogen-bond acceptors (Lipinski definition) is 3. The fraction of sp³-hybridized carbons (Fsp3) is 0.281. The zero-order chi connectivity index (χ0) is 24.0. The third kappa shape index (κ3) is 5.24. The number of ketones is 1. The molecule has 0 unspecified atom stereocenters. The van der Waals surface area contributed by atoms with Gasteiger partial charge in [-0.05, 0) is 76.7 Å². The lowest BCUT2D eigenvalue weighted by molar-refractivity contribution is 0.104. The lowest BCUT2D eigenvalue weighted by Crippen LogP contribution is -2.10. The minimum atomic E-state index is 0.00776. The van der Waals surface area contributed by atoms with E-state index in [0.717, 1.165) is 52.3 Å². The van der Waals surface area contributed by atoms with Gasteiger partial charge in [-0.3, -0.25) is 4.79 Å². The molecular formula is C32H32O3. The van der Waals surface area contributed by atoms with Gasteiger partial charge in [-0.15, -0.1) is 0 Å². The number of hydrogen-bond donors (Lipinski definition) is 0. The molecule has 1 aliphatic rings. The molecule has 0 heterocycles. The molecule has 3 nitrogen and oxygen atoms in total. The van der Waals surface area contributed by atoms with E-state index in [1.807, 2.05) is 78.9 Å². The highest BCUT2D eigenvalue weighted by Gasteiger charge is 2.19. The van der Waals surface area contributed by atoms with E-state index < -0.39 is 0 Å². The Hall–Kier alpha value is -3.59. The second-order valence-corrected chi connectivity index (χ2v) is 9.44. The van der Waals surface area contributed by atoms with Crippen molar-refractivity contribution >= 4 is 16.6 Å². The van der Waals surface area contributed by atoms with Crippen molar-refractivity contribution < 1.29 is 14.3 Å². The van der Waals surface area contributed by atoms with E-state index in [9.17, 15) is 4.79 Å². The number of benzene rings is 4. The summed E-state index contributed by atoms with van der Waals surface area (Å²) in [5.41, 5.74) is 3.32. The first kappa shape index (κ1) is 23.2. The molecule has 0 amide bonds. The fourth-order valence-corrected chi connectivity index (χ4v) is 5.20. The standard InChI is InChI=1S/C32H32O3/c1-34-28-17-19-30-26(22-28)14-18-29(24-10-6-3-7-11-24)31(30)32(33)25-12-15-27(16-13-25)35-21-20-23-8-4-2-5-9-23/h3,6-7,10-19,22-23H,2,4-5,8-9,20-21H2,1H3. The lowest BCUT2D eigenvalue weighted by Gasteiger charge is -2.21. The normalized spacial score (nSPS) is 14.1. The molecular weight excluding hydrogens is 432 g/mol. The summed E-state index contributed by atoms with van der Waals surface area (Å²) in [5, 5.41) is 1.90. The third-order valence-electron chi connectivity index (χ3n) is 7.17. The summed E-state index contributed by atoms with van der Waals surface area (Å²) < 4.78 is 11.4. The molecule has 1 aliphatic carbocycles. The van der Waals surface area contributed by atoms with Crippen LogP contribution in [0, 0.1) is 5.92 Å². The van der Waals surface area contributed by atoms with Crippen molar-refractivity contribution in [3.63, 3.8) is 0 Å². The van der Waals surface area contributed by atoms with Crippen molar-refractivity contribution in [1.82, 2.24) is 0 Å². The first-order valence-corrected chi connectivity index (χ1v) is 12.7. The van der Waals surface area contributed by atoms with Crippen molar-refractivity contribution in [2.75, 3.05) is 13.7 Å². The molecule has 1 fully saturated rings. The average Bonchev–Trinajstić information content (AvgIpc) is 2.93. The molecule has 4 aromatic carbocycles. The molecule has 0 N–H and O–H groups in total. The SMILES string of the molecule is COc1ccc2c(C(=O)c3ccc(OCCC4CCCCC4)cc3)c(-c3ccccc3)ccc2c1. The first-order chi connectivity index (χ1) is 17.2. The monoisotopic (exact) mass is 464 g/mol. The van der Waals surface area contributed by atoms with Crippen LogP contribution in [0.3, 0.4) is 0 Å². The number of fused-ring (bicyclic) bond motifs is 1. The minimum Gasteiger partial charge on any atom is -0.497 e. The summed E-state index contributed by atoms with van der Waals surface area (Å²) in [7, 11) is 1.66. The Kier molecular flexibility index (Phi) is 7.13. The minimum absolute atomic E-state index is 0.00776. The van der Waals surface area contributed by atoms with Crippen LogP contribution in [-0.4, -0.2) is 19.5 Å². The molecule has 0 aliphatic heterocycles. The second kappa shape index (κ2) is 10.8. The Balaban J connectivity index is 1.42. The van der Waals surface area contributed by atoms with E-state index in [1.165, 1.54) is 32.1 Å². The molecule has 0 spiro atoms. The van der Waals surface area contributed by atoms with Crippen molar-refractivity contribution in [2.24, 2.45) is 5.92 Å². The molecule has 0 radical (unpaired) electrons. The number of carbonyl (C=O) groups excluding carboxylic acids is 1. The van der Waals surface area contributed by atoms with E-state index in [4.69, 9.17) is 9.47 Å². The van der Waals surface area contributed by atoms with Crippen molar-refractivity contribution in [1.29, 1.82) is 0 Å². The Bertz CT molecular complexity index is 1290. The highest BCUT2D eigenvalue weighted by atomic mass is 16.5. The van der Waals surface area contributed by atoms with Crippen molar-refractivity contribution in [3.8, 4) is 22.6 Å². The highest BCUT2D eigenvalue weighted by Crippen LogP contribution is 2.34. The predicted molar refractivity (Wildman–Crippen MR) is 142 cm³/mol. The van der Waals surface area contributed by atoms with E-state index in [-0.39, 0.29) is 5.78 Å². The summed E-state index contributed by atoms with van der Waals surface area (Å²) in [6.45, 7) is 0.737. The maximum atomic E-state index is 13.9. The predicted octanol–water partition coefficient (Wildman–Crippen LogP) is 8.10. The van der Waals surface area contributed by atoms with Crippen LogP contribution in [0.25, 0.3) is 21.9 Å². The molecule has 0 aromatic heterocycles. The molecule has 1 saturated carbocycles. The topological polar surface area (TPSA) is 35.5 Å². The van der Waals surface area contributed by atoms with Gasteiger partial charge in [0.05, 0.1) is 13.7 Å². The van der Waals surface area contributed by atoms with Crippen LogP contribution in [0.4, 0.5) is 0 Å². The van der Waals surface area contributed by atoms with Gasteiger partial charge >= 0.3 is 0 Å². The average molecular weight is 465 g/mol. The van der Waals surface area contributed by atoms with Gasteiger partial charge in [-0.1, -0.05) is 74.6 Å². The summed E-state index contributed by atoms with van der Waals surface area (Å²) in [6.07, 6.45) is 7.86. The van der Waals surface area contributed by atoms with E-state index in [2.05, 4.69) is 6.07 Å². The van der Waals surface area contributed by atoms with Crippen molar-refractivity contribution in [3.05, 3.63) is 96.1 Å². The summed E-state index contributed by atoms with van der Waals surface area (Å²) >= 11 is 0. The van der Waals surface area contributed by atoms with E-state index in [0.29, 0.717) is 11.1 Å².